The van der Waals surface area contributed by atoms with E-state index in [0.717, 1.165) is 11.3 Å². The van der Waals surface area contributed by atoms with E-state index in [2.05, 4.69) is 0 Å². The van der Waals surface area contributed by atoms with Crippen molar-refractivity contribution in [3.8, 4) is 11.5 Å². The highest BCUT2D eigenvalue weighted by Gasteiger charge is 2.14. The summed E-state index contributed by atoms with van der Waals surface area (Å²) in [6, 6.07) is 5.75. The van der Waals surface area contributed by atoms with Gasteiger partial charge in [0.15, 0.2) is 11.5 Å². The maximum atomic E-state index is 9.45. The number of benzene rings is 1. The van der Waals surface area contributed by atoms with Crippen LogP contribution in [0, 0.1) is 0 Å². The second-order valence-corrected chi connectivity index (χ2v) is 4.32. The summed E-state index contributed by atoms with van der Waals surface area (Å²) in [6.45, 7) is 4.31. The van der Waals surface area contributed by atoms with Crippen molar-refractivity contribution in [2.24, 2.45) is 0 Å². The highest BCUT2D eigenvalue weighted by Crippen LogP contribution is 2.32. The van der Waals surface area contributed by atoms with Gasteiger partial charge in [0, 0.05) is 0 Å². The van der Waals surface area contributed by atoms with Crippen molar-refractivity contribution in [2.75, 3.05) is 20.3 Å². The number of rotatable bonds is 7. The fraction of sp³-hybridized carbons (Fsp3) is 0.571. The topological polar surface area (TPSA) is 58.9 Å². The van der Waals surface area contributed by atoms with Crippen molar-refractivity contribution in [1.82, 2.24) is 0 Å². The lowest BCUT2D eigenvalue weighted by Gasteiger charge is -2.17. The highest BCUT2D eigenvalue weighted by molar-refractivity contribution is 5.43. The largest absolute Gasteiger partial charge is 0.493 e. The molecule has 2 unspecified atom stereocenters. The number of aliphatic hydroxyl groups is 2. The van der Waals surface area contributed by atoms with Gasteiger partial charge in [-0.1, -0.05) is 13.0 Å². The van der Waals surface area contributed by atoms with Crippen molar-refractivity contribution in [1.29, 1.82) is 0 Å². The second-order valence-electron chi connectivity index (χ2n) is 4.32. The molecule has 102 valence electrons. The first kappa shape index (κ1) is 14.8. The Bertz CT molecular complexity index is 365. The van der Waals surface area contributed by atoms with Crippen LogP contribution in [0.4, 0.5) is 0 Å². The Hall–Kier alpha value is -1.26. The molecule has 4 heteroatoms. The minimum absolute atomic E-state index is 0.150. The van der Waals surface area contributed by atoms with Gasteiger partial charge in [-0.3, -0.25) is 0 Å². The van der Waals surface area contributed by atoms with Crippen LogP contribution < -0.4 is 9.47 Å². The molecule has 0 radical (unpaired) electrons. The summed E-state index contributed by atoms with van der Waals surface area (Å²) in [4.78, 5) is 0. The van der Waals surface area contributed by atoms with Gasteiger partial charge in [0.05, 0.1) is 26.4 Å². The zero-order valence-electron chi connectivity index (χ0n) is 11.2. The first-order chi connectivity index (χ1) is 8.62. The lowest BCUT2D eigenvalue weighted by atomic mass is 9.95. The molecule has 0 aliphatic carbocycles. The van der Waals surface area contributed by atoms with Crippen LogP contribution in [-0.4, -0.2) is 36.6 Å². The van der Waals surface area contributed by atoms with Gasteiger partial charge in [-0.2, -0.15) is 0 Å². The quantitative estimate of drug-likeness (QED) is 0.780. The first-order valence-electron chi connectivity index (χ1n) is 6.22. The highest BCUT2D eigenvalue weighted by atomic mass is 16.5. The summed E-state index contributed by atoms with van der Waals surface area (Å²) >= 11 is 0. The SMILES string of the molecule is CCOc1ccc(C(C)CC(O)CO)cc1OC. The molecule has 0 saturated heterocycles. The number of hydrogen-bond donors (Lipinski definition) is 2. The summed E-state index contributed by atoms with van der Waals surface area (Å²) in [6.07, 6.45) is -0.161. The third-order valence-corrected chi connectivity index (χ3v) is 2.89. The Kier molecular flexibility index (Phi) is 5.95. The number of aliphatic hydroxyl groups excluding tert-OH is 2. The van der Waals surface area contributed by atoms with Crippen LogP contribution in [0.2, 0.25) is 0 Å². The molecule has 1 aromatic rings. The van der Waals surface area contributed by atoms with E-state index >= 15 is 0 Å². The van der Waals surface area contributed by atoms with Crippen LogP contribution in [0.1, 0.15) is 31.7 Å². The zero-order valence-corrected chi connectivity index (χ0v) is 11.2. The van der Waals surface area contributed by atoms with Crippen LogP contribution in [0.5, 0.6) is 11.5 Å². The van der Waals surface area contributed by atoms with Crippen molar-refractivity contribution >= 4 is 0 Å². The molecule has 0 bridgehead atoms. The Balaban J connectivity index is 2.83. The van der Waals surface area contributed by atoms with Crippen LogP contribution in [0.25, 0.3) is 0 Å². The smallest absolute Gasteiger partial charge is 0.161 e. The molecule has 2 atom stereocenters. The van der Waals surface area contributed by atoms with E-state index < -0.39 is 6.10 Å². The molecule has 1 rings (SSSR count). The first-order valence-corrected chi connectivity index (χ1v) is 6.22. The standard InChI is InChI=1S/C14H22O4/c1-4-18-13-6-5-11(8-14(13)17-3)10(2)7-12(16)9-15/h5-6,8,10,12,15-16H,4,7,9H2,1-3H3. The zero-order chi connectivity index (χ0) is 13.5. The monoisotopic (exact) mass is 254 g/mol. The third-order valence-electron chi connectivity index (χ3n) is 2.89. The molecule has 1 aromatic carbocycles. The van der Waals surface area contributed by atoms with E-state index in [1.807, 2.05) is 32.0 Å². The Morgan fingerprint density at radius 2 is 2.00 bits per heavy atom. The molecule has 18 heavy (non-hydrogen) atoms. The minimum Gasteiger partial charge on any atom is -0.493 e. The van der Waals surface area contributed by atoms with Crippen LogP contribution >= 0.6 is 0 Å². The number of methoxy groups -OCH3 is 1. The maximum absolute atomic E-state index is 9.45. The van der Waals surface area contributed by atoms with Crippen LogP contribution in [0.3, 0.4) is 0 Å². The fourth-order valence-corrected chi connectivity index (χ4v) is 1.88. The van der Waals surface area contributed by atoms with Crippen molar-refractivity contribution in [3.05, 3.63) is 23.8 Å². The van der Waals surface area contributed by atoms with Gasteiger partial charge in [-0.05, 0) is 37.0 Å². The molecule has 0 aliphatic rings. The van der Waals surface area contributed by atoms with Gasteiger partial charge in [-0.25, -0.2) is 0 Å². The fourth-order valence-electron chi connectivity index (χ4n) is 1.88. The molecule has 0 heterocycles. The van der Waals surface area contributed by atoms with Gasteiger partial charge >= 0.3 is 0 Å². The van der Waals surface area contributed by atoms with Gasteiger partial charge in [0.25, 0.3) is 0 Å². The summed E-state index contributed by atoms with van der Waals surface area (Å²) < 4.78 is 10.7. The number of hydrogen-bond acceptors (Lipinski definition) is 4. The molecule has 0 amide bonds. The molecule has 2 N–H and O–H groups in total. The number of ether oxygens (including phenoxy) is 2. The van der Waals surface area contributed by atoms with E-state index in [9.17, 15) is 5.11 Å². The molecule has 0 saturated carbocycles. The van der Waals surface area contributed by atoms with Crippen molar-refractivity contribution < 1.29 is 19.7 Å². The van der Waals surface area contributed by atoms with E-state index in [4.69, 9.17) is 14.6 Å². The van der Waals surface area contributed by atoms with Crippen LogP contribution in [0.15, 0.2) is 18.2 Å². The lowest BCUT2D eigenvalue weighted by molar-refractivity contribution is 0.0835. The average Bonchev–Trinajstić information content (AvgIpc) is 2.39. The van der Waals surface area contributed by atoms with Crippen molar-refractivity contribution in [3.63, 3.8) is 0 Å². The van der Waals surface area contributed by atoms with Gasteiger partial charge in [0.2, 0.25) is 0 Å². The minimum atomic E-state index is -0.683. The Morgan fingerprint density at radius 3 is 2.56 bits per heavy atom. The molecule has 0 aromatic heterocycles. The van der Waals surface area contributed by atoms with Crippen molar-refractivity contribution in [2.45, 2.75) is 32.3 Å². The summed E-state index contributed by atoms with van der Waals surface area (Å²) in [5.74, 6) is 1.56. The second kappa shape index (κ2) is 7.24. The normalized spacial score (nSPS) is 14.1. The van der Waals surface area contributed by atoms with Gasteiger partial charge < -0.3 is 19.7 Å². The molecule has 0 aliphatic heterocycles. The van der Waals surface area contributed by atoms with E-state index in [1.165, 1.54) is 0 Å². The molecule has 4 nitrogen and oxygen atoms in total. The average molecular weight is 254 g/mol. The van der Waals surface area contributed by atoms with E-state index in [0.29, 0.717) is 18.8 Å². The summed E-state index contributed by atoms with van der Waals surface area (Å²) in [5, 5.41) is 18.3. The predicted molar refractivity (Wildman–Crippen MR) is 70.3 cm³/mol. The summed E-state index contributed by atoms with van der Waals surface area (Å²) in [7, 11) is 1.61. The van der Waals surface area contributed by atoms with E-state index in [1.54, 1.807) is 7.11 Å². The predicted octanol–water partition coefficient (Wildman–Crippen LogP) is 1.94. The maximum Gasteiger partial charge on any atom is 0.161 e. The van der Waals surface area contributed by atoms with Gasteiger partial charge in [0.1, 0.15) is 0 Å². The summed E-state index contributed by atoms with van der Waals surface area (Å²) in [5.41, 5.74) is 1.06. The molecular formula is C14H22O4. The van der Waals surface area contributed by atoms with Crippen LogP contribution in [-0.2, 0) is 0 Å². The van der Waals surface area contributed by atoms with E-state index in [-0.39, 0.29) is 12.5 Å². The lowest BCUT2D eigenvalue weighted by Crippen LogP contribution is -2.15. The Labute approximate surface area is 108 Å². The molecule has 0 spiro atoms. The van der Waals surface area contributed by atoms with Gasteiger partial charge in [-0.15, -0.1) is 0 Å². The molecular weight excluding hydrogens is 232 g/mol. The Morgan fingerprint density at radius 1 is 1.28 bits per heavy atom. The third kappa shape index (κ3) is 3.89. The molecule has 0 fully saturated rings.